The number of anilines is 1. The van der Waals surface area contributed by atoms with Gasteiger partial charge in [0.2, 0.25) is 0 Å². The molecule has 0 bridgehead atoms. The standard InChI is InChI=1S/C17H24BrN7/c1-20-9-13(12-8-22-25(2)10-12)17-23-14(15(18)16(19)24-17)7-11-3-5-21-6-4-11/h8-11,20-21H,3-7H2,1-2H3,(H2,19,23,24). The first-order chi connectivity index (χ1) is 12.1. The molecule has 0 saturated carbocycles. The highest BCUT2D eigenvalue weighted by Gasteiger charge is 2.20. The minimum atomic E-state index is 0.472. The van der Waals surface area contributed by atoms with Gasteiger partial charge in [-0.15, -0.1) is 0 Å². The van der Waals surface area contributed by atoms with Gasteiger partial charge in [0.05, 0.1) is 16.4 Å². The zero-order valence-electron chi connectivity index (χ0n) is 14.6. The van der Waals surface area contributed by atoms with Crippen LogP contribution in [0.4, 0.5) is 5.82 Å². The van der Waals surface area contributed by atoms with Crippen molar-refractivity contribution < 1.29 is 0 Å². The Morgan fingerprint density at radius 1 is 1.44 bits per heavy atom. The van der Waals surface area contributed by atoms with Gasteiger partial charge in [-0.2, -0.15) is 5.10 Å². The molecule has 2 aromatic heterocycles. The molecule has 4 N–H and O–H groups in total. The van der Waals surface area contributed by atoms with Gasteiger partial charge in [0.1, 0.15) is 5.82 Å². The monoisotopic (exact) mass is 405 g/mol. The van der Waals surface area contributed by atoms with Gasteiger partial charge in [0.25, 0.3) is 0 Å². The Morgan fingerprint density at radius 2 is 2.20 bits per heavy atom. The van der Waals surface area contributed by atoms with Crippen molar-refractivity contribution in [2.45, 2.75) is 19.3 Å². The average Bonchev–Trinajstić information content (AvgIpc) is 3.03. The lowest BCUT2D eigenvalue weighted by Gasteiger charge is -2.23. The van der Waals surface area contributed by atoms with Crippen LogP contribution in [-0.4, -0.2) is 39.9 Å². The molecule has 0 radical (unpaired) electrons. The summed E-state index contributed by atoms with van der Waals surface area (Å²) in [6.07, 6.45) is 8.85. The Hall–Kier alpha value is -1.93. The fraction of sp³-hybridized carbons (Fsp3) is 0.471. The van der Waals surface area contributed by atoms with Crippen molar-refractivity contribution in [1.82, 2.24) is 30.4 Å². The van der Waals surface area contributed by atoms with Crippen molar-refractivity contribution in [2.75, 3.05) is 25.9 Å². The summed E-state index contributed by atoms with van der Waals surface area (Å²) in [5.74, 6) is 1.71. The number of aryl methyl sites for hydroxylation is 1. The quantitative estimate of drug-likeness (QED) is 0.700. The first kappa shape index (κ1) is 17.9. The van der Waals surface area contributed by atoms with Crippen molar-refractivity contribution in [1.29, 1.82) is 0 Å². The highest BCUT2D eigenvalue weighted by atomic mass is 79.9. The minimum Gasteiger partial charge on any atom is -0.393 e. The summed E-state index contributed by atoms with van der Waals surface area (Å²) >= 11 is 3.57. The fourth-order valence-corrected chi connectivity index (χ4v) is 3.45. The molecule has 3 rings (SSSR count). The smallest absolute Gasteiger partial charge is 0.164 e. The van der Waals surface area contributed by atoms with Crippen LogP contribution in [0.3, 0.4) is 0 Å². The molecule has 8 heteroatoms. The van der Waals surface area contributed by atoms with Crippen LogP contribution in [0.25, 0.3) is 5.57 Å². The van der Waals surface area contributed by atoms with Gasteiger partial charge < -0.3 is 16.4 Å². The fourth-order valence-electron chi connectivity index (χ4n) is 3.11. The van der Waals surface area contributed by atoms with Gasteiger partial charge >= 0.3 is 0 Å². The second-order valence-corrected chi connectivity index (χ2v) is 7.13. The van der Waals surface area contributed by atoms with Gasteiger partial charge in [0, 0.05) is 37.6 Å². The molecule has 3 heterocycles. The maximum atomic E-state index is 6.17. The average molecular weight is 406 g/mol. The molecule has 134 valence electrons. The summed E-state index contributed by atoms with van der Waals surface area (Å²) in [7, 11) is 3.74. The largest absolute Gasteiger partial charge is 0.393 e. The molecule has 1 fully saturated rings. The van der Waals surface area contributed by atoms with E-state index in [1.165, 1.54) is 0 Å². The van der Waals surface area contributed by atoms with Gasteiger partial charge in [0.15, 0.2) is 5.82 Å². The molecule has 0 spiro atoms. The Morgan fingerprint density at radius 3 is 2.84 bits per heavy atom. The zero-order valence-corrected chi connectivity index (χ0v) is 16.2. The SMILES string of the molecule is CNC=C(c1cnn(C)c1)c1nc(N)c(Br)c(CC2CCNCC2)n1. The molecule has 1 aliphatic heterocycles. The molecule has 0 amide bonds. The first-order valence-corrected chi connectivity index (χ1v) is 9.27. The predicted molar refractivity (Wildman–Crippen MR) is 103 cm³/mol. The molecule has 0 unspecified atom stereocenters. The van der Waals surface area contributed by atoms with Gasteiger partial charge in [-0.05, 0) is 54.2 Å². The molecule has 0 aliphatic carbocycles. The second-order valence-electron chi connectivity index (χ2n) is 6.34. The third kappa shape index (κ3) is 4.19. The lowest BCUT2D eigenvalue weighted by Crippen LogP contribution is -2.29. The van der Waals surface area contributed by atoms with E-state index in [1.54, 1.807) is 10.9 Å². The Balaban J connectivity index is 1.96. The van der Waals surface area contributed by atoms with E-state index in [0.29, 0.717) is 17.6 Å². The van der Waals surface area contributed by atoms with Crippen LogP contribution in [0.5, 0.6) is 0 Å². The number of rotatable bonds is 5. The van der Waals surface area contributed by atoms with Crippen molar-refractivity contribution in [3.05, 3.63) is 40.1 Å². The number of nitrogens with two attached hydrogens (primary N) is 1. The minimum absolute atomic E-state index is 0.472. The summed E-state index contributed by atoms with van der Waals surface area (Å²) in [6, 6.07) is 0. The lowest BCUT2D eigenvalue weighted by atomic mass is 9.93. The van der Waals surface area contributed by atoms with Crippen LogP contribution < -0.4 is 16.4 Å². The van der Waals surface area contributed by atoms with Gasteiger partial charge in [-0.25, -0.2) is 9.97 Å². The van der Waals surface area contributed by atoms with E-state index in [2.05, 4.69) is 36.6 Å². The van der Waals surface area contributed by atoms with Crippen molar-refractivity contribution in [3.63, 3.8) is 0 Å². The highest BCUT2D eigenvalue weighted by molar-refractivity contribution is 9.10. The van der Waals surface area contributed by atoms with Crippen LogP contribution in [0.1, 0.15) is 29.9 Å². The normalized spacial score (nSPS) is 16.2. The first-order valence-electron chi connectivity index (χ1n) is 8.48. The molecule has 1 aliphatic rings. The summed E-state index contributed by atoms with van der Waals surface area (Å²) in [6.45, 7) is 2.13. The van der Waals surface area contributed by atoms with Crippen LogP contribution in [0.2, 0.25) is 0 Å². The summed E-state index contributed by atoms with van der Waals surface area (Å²) in [5.41, 5.74) is 8.96. The zero-order chi connectivity index (χ0) is 17.8. The Bertz CT molecular complexity index is 762. The van der Waals surface area contributed by atoms with Crippen molar-refractivity contribution in [3.8, 4) is 0 Å². The Labute approximate surface area is 156 Å². The number of aromatic nitrogens is 4. The molecule has 1 saturated heterocycles. The number of halogens is 1. The molecule has 0 atom stereocenters. The Kier molecular flexibility index (Phi) is 5.70. The number of hydrogen-bond acceptors (Lipinski definition) is 6. The predicted octanol–water partition coefficient (Wildman–Crippen LogP) is 1.71. The van der Waals surface area contributed by atoms with Crippen molar-refractivity contribution in [2.24, 2.45) is 13.0 Å². The molecular weight excluding hydrogens is 382 g/mol. The molecule has 2 aromatic rings. The number of nitrogens with one attached hydrogen (secondary N) is 2. The van der Waals surface area contributed by atoms with E-state index < -0.39 is 0 Å². The maximum Gasteiger partial charge on any atom is 0.164 e. The van der Waals surface area contributed by atoms with E-state index in [1.807, 2.05) is 26.5 Å². The van der Waals surface area contributed by atoms with Gasteiger partial charge in [-0.3, -0.25) is 4.68 Å². The van der Waals surface area contributed by atoms with E-state index in [0.717, 1.165) is 53.7 Å². The van der Waals surface area contributed by atoms with E-state index in [-0.39, 0.29) is 0 Å². The van der Waals surface area contributed by atoms with Crippen molar-refractivity contribution >= 4 is 27.3 Å². The number of piperidine rings is 1. The summed E-state index contributed by atoms with van der Waals surface area (Å²) in [5, 5.41) is 10.7. The molecule has 0 aromatic carbocycles. The number of nitrogen functional groups attached to an aromatic ring is 1. The lowest BCUT2D eigenvalue weighted by molar-refractivity contribution is 0.369. The summed E-state index contributed by atoms with van der Waals surface area (Å²) in [4.78, 5) is 9.32. The second kappa shape index (κ2) is 7.97. The third-order valence-electron chi connectivity index (χ3n) is 4.43. The van der Waals surface area contributed by atoms with E-state index in [9.17, 15) is 0 Å². The summed E-state index contributed by atoms with van der Waals surface area (Å²) < 4.78 is 2.57. The van der Waals surface area contributed by atoms with Crippen LogP contribution >= 0.6 is 15.9 Å². The third-order valence-corrected chi connectivity index (χ3v) is 5.30. The number of hydrogen-bond donors (Lipinski definition) is 3. The van der Waals surface area contributed by atoms with Gasteiger partial charge in [-0.1, -0.05) is 0 Å². The molecule has 7 nitrogen and oxygen atoms in total. The topological polar surface area (TPSA) is 93.7 Å². The van der Waals surface area contributed by atoms with Crippen LogP contribution in [-0.2, 0) is 13.5 Å². The maximum absolute atomic E-state index is 6.17. The number of nitrogens with zero attached hydrogens (tertiary/aromatic N) is 4. The van der Waals surface area contributed by atoms with Crippen LogP contribution in [0, 0.1) is 5.92 Å². The van der Waals surface area contributed by atoms with E-state index in [4.69, 9.17) is 10.7 Å². The van der Waals surface area contributed by atoms with Crippen LogP contribution in [0.15, 0.2) is 23.1 Å². The molecule has 25 heavy (non-hydrogen) atoms. The van der Waals surface area contributed by atoms with E-state index >= 15 is 0 Å². The highest BCUT2D eigenvalue weighted by Crippen LogP contribution is 2.29. The molecular formula is C17H24BrN7.